The molecule has 2 rings (SSSR count). The second-order valence-corrected chi connectivity index (χ2v) is 7.26. The van der Waals surface area contributed by atoms with Crippen molar-refractivity contribution in [2.24, 2.45) is 0 Å². The van der Waals surface area contributed by atoms with E-state index in [4.69, 9.17) is 9.47 Å². The molecule has 0 atom stereocenters. The zero-order valence-corrected chi connectivity index (χ0v) is 16.8. The van der Waals surface area contributed by atoms with E-state index in [1.165, 1.54) is 30.1 Å². The third-order valence-corrected chi connectivity index (χ3v) is 3.74. The van der Waals surface area contributed by atoms with Gasteiger partial charge in [-0.15, -0.1) is 0 Å². The van der Waals surface area contributed by atoms with E-state index in [0.717, 1.165) is 5.56 Å². The van der Waals surface area contributed by atoms with Crippen LogP contribution >= 0.6 is 0 Å². The molecule has 0 bridgehead atoms. The second-order valence-electron chi connectivity index (χ2n) is 7.26. The maximum atomic E-state index is 12.2. The van der Waals surface area contributed by atoms with Crippen LogP contribution in [-0.2, 0) is 16.1 Å². The van der Waals surface area contributed by atoms with Gasteiger partial charge in [-0.3, -0.25) is 10.2 Å². The predicted octanol–water partition coefficient (Wildman–Crippen LogP) is 4.50. The Morgan fingerprint density at radius 3 is 2.31 bits per heavy atom. The molecule has 0 unspecified atom stereocenters. The number of anilines is 2. The maximum absolute atomic E-state index is 12.2. The van der Waals surface area contributed by atoms with Gasteiger partial charge in [-0.2, -0.15) is 0 Å². The average molecular weight is 400 g/mol. The standard InChI is InChI=1S/C21H24N2O6/c1-21(2,3)29-20(27)23(4)15-10-11-17(16(12-15)18(24)25)22-19(26)28-13-14-8-6-5-7-9-14/h5-12H,13H2,1-4H3,(H,22,26)(H,24,25). The van der Waals surface area contributed by atoms with Crippen molar-refractivity contribution >= 4 is 29.5 Å². The first kappa shape index (κ1) is 21.7. The summed E-state index contributed by atoms with van der Waals surface area (Å²) >= 11 is 0. The predicted molar refractivity (Wildman–Crippen MR) is 108 cm³/mol. The van der Waals surface area contributed by atoms with E-state index in [1.807, 2.05) is 18.2 Å². The summed E-state index contributed by atoms with van der Waals surface area (Å²) in [6, 6.07) is 13.3. The van der Waals surface area contributed by atoms with Crippen molar-refractivity contribution in [1.29, 1.82) is 0 Å². The summed E-state index contributed by atoms with van der Waals surface area (Å²) in [4.78, 5) is 37.0. The zero-order valence-electron chi connectivity index (χ0n) is 16.8. The van der Waals surface area contributed by atoms with Crippen LogP contribution in [0.25, 0.3) is 0 Å². The highest BCUT2D eigenvalue weighted by Crippen LogP contribution is 2.24. The fourth-order valence-corrected chi connectivity index (χ4v) is 2.33. The number of ether oxygens (including phenoxy) is 2. The van der Waals surface area contributed by atoms with Crippen LogP contribution in [0.2, 0.25) is 0 Å². The van der Waals surface area contributed by atoms with Gasteiger partial charge in [-0.1, -0.05) is 30.3 Å². The molecule has 0 saturated carbocycles. The van der Waals surface area contributed by atoms with Crippen LogP contribution < -0.4 is 10.2 Å². The molecule has 0 fully saturated rings. The molecular formula is C21H24N2O6. The van der Waals surface area contributed by atoms with Gasteiger partial charge in [-0.05, 0) is 44.5 Å². The van der Waals surface area contributed by atoms with Crippen molar-refractivity contribution in [1.82, 2.24) is 0 Å². The van der Waals surface area contributed by atoms with E-state index in [-0.39, 0.29) is 17.9 Å². The van der Waals surface area contributed by atoms with E-state index in [1.54, 1.807) is 32.9 Å². The quantitative estimate of drug-likeness (QED) is 0.765. The van der Waals surface area contributed by atoms with Crippen LogP contribution in [0.4, 0.5) is 21.0 Å². The minimum Gasteiger partial charge on any atom is -0.478 e. The monoisotopic (exact) mass is 400 g/mol. The van der Waals surface area contributed by atoms with E-state index in [0.29, 0.717) is 5.69 Å². The number of benzene rings is 2. The van der Waals surface area contributed by atoms with Crippen LogP contribution in [0.15, 0.2) is 48.5 Å². The lowest BCUT2D eigenvalue weighted by molar-refractivity contribution is 0.0587. The van der Waals surface area contributed by atoms with Crippen LogP contribution in [0, 0.1) is 0 Å². The van der Waals surface area contributed by atoms with Crippen LogP contribution in [-0.4, -0.2) is 35.9 Å². The minimum atomic E-state index is -1.26. The molecule has 8 heteroatoms. The summed E-state index contributed by atoms with van der Waals surface area (Å²) < 4.78 is 10.4. The smallest absolute Gasteiger partial charge is 0.414 e. The van der Waals surface area contributed by atoms with Gasteiger partial charge >= 0.3 is 18.2 Å². The first-order valence-electron chi connectivity index (χ1n) is 8.88. The summed E-state index contributed by atoms with van der Waals surface area (Å²) in [5, 5.41) is 11.9. The number of carbonyl (C=O) groups excluding carboxylic acids is 2. The van der Waals surface area contributed by atoms with Gasteiger partial charge < -0.3 is 14.6 Å². The van der Waals surface area contributed by atoms with Gasteiger partial charge in [-0.25, -0.2) is 14.4 Å². The molecule has 0 aliphatic heterocycles. The molecule has 0 radical (unpaired) electrons. The molecule has 2 aromatic carbocycles. The molecule has 0 spiro atoms. The van der Waals surface area contributed by atoms with Gasteiger partial charge in [0.15, 0.2) is 0 Å². The van der Waals surface area contributed by atoms with Crippen LogP contribution in [0.5, 0.6) is 0 Å². The first-order valence-corrected chi connectivity index (χ1v) is 8.88. The second kappa shape index (κ2) is 9.09. The van der Waals surface area contributed by atoms with E-state index in [2.05, 4.69) is 5.32 Å². The summed E-state index contributed by atoms with van der Waals surface area (Å²) in [6.07, 6.45) is -1.42. The summed E-state index contributed by atoms with van der Waals surface area (Å²) in [6.45, 7) is 5.25. The number of carboxylic acids is 1. The molecule has 0 aliphatic carbocycles. The number of nitrogens with zero attached hydrogens (tertiary/aromatic N) is 1. The first-order chi connectivity index (χ1) is 13.6. The van der Waals surface area contributed by atoms with Crippen molar-refractivity contribution < 1.29 is 29.0 Å². The zero-order chi connectivity index (χ0) is 21.6. The lowest BCUT2D eigenvalue weighted by Gasteiger charge is -2.25. The molecule has 0 heterocycles. The van der Waals surface area contributed by atoms with Gasteiger partial charge in [0.2, 0.25) is 0 Å². The molecule has 29 heavy (non-hydrogen) atoms. The number of carbonyl (C=O) groups is 3. The Kier molecular flexibility index (Phi) is 6.82. The van der Waals surface area contributed by atoms with Crippen molar-refractivity contribution in [2.75, 3.05) is 17.3 Å². The van der Waals surface area contributed by atoms with Crippen molar-refractivity contribution in [3.05, 3.63) is 59.7 Å². The van der Waals surface area contributed by atoms with Crippen LogP contribution in [0.1, 0.15) is 36.7 Å². The summed E-state index contributed by atoms with van der Waals surface area (Å²) in [5.74, 6) is -1.26. The lowest BCUT2D eigenvalue weighted by Crippen LogP contribution is -2.34. The third-order valence-electron chi connectivity index (χ3n) is 3.74. The van der Waals surface area contributed by atoms with Crippen LogP contribution in [0.3, 0.4) is 0 Å². The number of carboxylic acid groups (broad SMARTS) is 1. The Labute approximate surface area is 169 Å². The number of rotatable bonds is 5. The minimum absolute atomic E-state index is 0.0501. The summed E-state index contributed by atoms with van der Waals surface area (Å²) in [5.41, 5.74) is 0.284. The van der Waals surface area contributed by atoms with E-state index >= 15 is 0 Å². The SMILES string of the molecule is CN(C(=O)OC(C)(C)C)c1ccc(NC(=O)OCc2ccccc2)c(C(=O)O)c1. The van der Waals surface area contributed by atoms with Crippen molar-refractivity contribution in [3.8, 4) is 0 Å². The largest absolute Gasteiger partial charge is 0.478 e. The highest BCUT2D eigenvalue weighted by molar-refractivity contribution is 6.00. The van der Waals surface area contributed by atoms with E-state index in [9.17, 15) is 19.5 Å². The fraction of sp³-hybridized carbons (Fsp3) is 0.286. The maximum Gasteiger partial charge on any atom is 0.414 e. The molecule has 2 amide bonds. The summed E-state index contributed by atoms with van der Waals surface area (Å²) in [7, 11) is 1.47. The van der Waals surface area contributed by atoms with Crippen molar-refractivity contribution in [3.63, 3.8) is 0 Å². The number of hydrogen-bond donors (Lipinski definition) is 2. The molecule has 2 aromatic rings. The molecule has 0 aromatic heterocycles. The number of amides is 2. The highest BCUT2D eigenvalue weighted by atomic mass is 16.6. The normalized spacial score (nSPS) is 10.8. The Bertz CT molecular complexity index is 890. The van der Waals surface area contributed by atoms with Gasteiger partial charge in [0.05, 0.1) is 11.3 Å². The molecule has 8 nitrogen and oxygen atoms in total. The molecule has 0 saturated heterocycles. The Morgan fingerprint density at radius 2 is 1.72 bits per heavy atom. The molecular weight excluding hydrogens is 376 g/mol. The number of aromatic carboxylic acids is 1. The Hall–Kier alpha value is -3.55. The Morgan fingerprint density at radius 1 is 1.07 bits per heavy atom. The average Bonchev–Trinajstić information content (AvgIpc) is 2.65. The fourth-order valence-electron chi connectivity index (χ4n) is 2.33. The lowest BCUT2D eigenvalue weighted by atomic mass is 10.1. The highest BCUT2D eigenvalue weighted by Gasteiger charge is 2.22. The topological polar surface area (TPSA) is 105 Å². The van der Waals surface area contributed by atoms with Gasteiger partial charge in [0, 0.05) is 12.7 Å². The third kappa shape index (κ3) is 6.53. The molecule has 154 valence electrons. The number of nitrogens with one attached hydrogen (secondary N) is 1. The van der Waals surface area contributed by atoms with Crippen molar-refractivity contribution in [2.45, 2.75) is 33.0 Å². The molecule has 0 aliphatic rings. The Balaban J connectivity index is 2.11. The van der Waals surface area contributed by atoms with Gasteiger partial charge in [0.25, 0.3) is 0 Å². The van der Waals surface area contributed by atoms with Gasteiger partial charge in [0.1, 0.15) is 12.2 Å². The number of hydrogen-bond acceptors (Lipinski definition) is 5. The van der Waals surface area contributed by atoms with E-state index < -0.39 is 23.8 Å². The molecule has 2 N–H and O–H groups in total.